The molecular weight excluding hydrogens is 282 g/mol. The lowest BCUT2D eigenvalue weighted by atomic mass is 10.1. The molecule has 0 bridgehead atoms. The van der Waals surface area contributed by atoms with E-state index in [9.17, 15) is 14.9 Å². The molecule has 1 amide bonds. The van der Waals surface area contributed by atoms with Crippen molar-refractivity contribution in [3.8, 4) is 0 Å². The molecule has 0 unspecified atom stereocenters. The molecule has 6 heteroatoms. The average molecular weight is 295 g/mol. The number of nitrogens with one attached hydrogen (secondary N) is 1. The molecule has 0 heterocycles. The summed E-state index contributed by atoms with van der Waals surface area (Å²) in [6.07, 6.45) is 1.71. The van der Waals surface area contributed by atoms with E-state index < -0.39 is 4.92 Å². The highest BCUT2D eigenvalue weighted by atomic mass is 16.6. The Bertz CT molecular complexity index is 766. The first-order chi connectivity index (χ1) is 10.6. The highest BCUT2D eigenvalue weighted by molar-refractivity contribution is 6.05. The first-order valence-corrected chi connectivity index (χ1v) is 6.85. The molecule has 110 valence electrons. The van der Waals surface area contributed by atoms with Gasteiger partial charge >= 0.3 is 0 Å². The molecule has 1 N–H and O–H groups in total. The number of nitro groups is 1. The molecule has 2 aromatic carbocycles. The fraction of sp³-hybridized carbons (Fsp3) is 0.125. The van der Waals surface area contributed by atoms with Gasteiger partial charge in [-0.05, 0) is 30.5 Å². The van der Waals surface area contributed by atoms with Gasteiger partial charge in [-0.15, -0.1) is 0 Å². The molecule has 0 saturated heterocycles. The number of carbonyl (C=O) groups excluding carboxylic acids is 1. The Hall–Kier alpha value is -3.02. The van der Waals surface area contributed by atoms with Crippen molar-refractivity contribution < 1.29 is 9.72 Å². The molecule has 0 aliphatic heterocycles. The fourth-order valence-corrected chi connectivity index (χ4v) is 2.44. The summed E-state index contributed by atoms with van der Waals surface area (Å²) in [5.41, 5.74) is 5.94. The predicted octanol–water partition coefficient (Wildman–Crippen LogP) is 2.68. The summed E-state index contributed by atoms with van der Waals surface area (Å²) in [5, 5.41) is 14.8. The number of hydrogen-bond donors (Lipinski definition) is 1. The Morgan fingerprint density at radius 3 is 2.55 bits per heavy atom. The molecule has 6 nitrogen and oxygen atoms in total. The van der Waals surface area contributed by atoms with Crippen LogP contribution in [0.1, 0.15) is 27.9 Å². The Morgan fingerprint density at radius 1 is 1.09 bits per heavy atom. The smallest absolute Gasteiger partial charge is 0.267 e. The lowest BCUT2D eigenvalue weighted by molar-refractivity contribution is -0.384. The molecule has 3 rings (SSSR count). The van der Waals surface area contributed by atoms with Gasteiger partial charge in [0.05, 0.1) is 10.6 Å². The number of nitro benzene ring substituents is 1. The van der Waals surface area contributed by atoms with E-state index in [1.807, 2.05) is 18.2 Å². The molecule has 0 spiro atoms. The van der Waals surface area contributed by atoms with Crippen molar-refractivity contribution in [1.29, 1.82) is 0 Å². The summed E-state index contributed by atoms with van der Waals surface area (Å²) in [6, 6.07) is 13.4. The molecule has 22 heavy (non-hydrogen) atoms. The van der Waals surface area contributed by atoms with Crippen LogP contribution in [0.4, 0.5) is 5.69 Å². The van der Waals surface area contributed by atoms with Crippen LogP contribution in [0, 0.1) is 10.1 Å². The predicted molar refractivity (Wildman–Crippen MR) is 81.9 cm³/mol. The van der Waals surface area contributed by atoms with Crippen molar-refractivity contribution in [1.82, 2.24) is 5.43 Å². The van der Waals surface area contributed by atoms with Crippen molar-refractivity contribution in [2.45, 2.75) is 12.8 Å². The summed E-state index contributed by atoms with van der Waals surface area (Å²) < 4.78 is 0. The second kappa shape index (κ2) is 5.77. The van der Waals surface area contributed by atoms with Gasteiger partial charge in [-0.2, -0.15) is 5.10 Å². The Kier molecular flexibility index (Phi) is 3.65. The van der Waals surface area contributed by atoms with Crippen LogP contribution in [0.5, 0.6) is 0 Å². The quantitative estimate of drug-likeness (QED) is 0.697. The van der Waals surface area contributed by atoms with E-state index in [2.05, 4.69) is 16.6 Å². The summed E-state index contributed by atoms with van der Waals surface area (Å²) in [6.45, 7) is 0. The van der Waals surface area contributed by atoms with E-state index in [0.717, 1.165) is 24.1 Å². The number of amides is 1. The van der Waals surface area contributed by atoms with E-state index >= 15 is 0 Å². The Labute approximate surface area is 126 Å². The third-order valence-electron chi connectivity index (χ3n) is 3.59. The first-order valence-electron chi connectivity index (χ1n) is 6.85. The maximum absolute atomic E-state index is 12.0. The zero-order chi connectivity index (χ0) is 15.5. The van der Waals surface area contributed by atoms with Crippen LogP contribution < -0.4 is 5.43 Å². The SMILES string of the molecule is O=C(NN=C1CCc2ccccc21)c1ccc([N+](=O)[O-])cc1. The standard InChI is InChI=1S/C16H13N3O3/c20-16(12-5-8-13(9-6-12)19(21)22)18-17-15-10-7-11-3-1-2-4-14(11)15/h1-6,8-9H,7,10H2,(H,18,20). The number of hydrazone groups is 1. The van der Waals surface area contributed by atoms with Crippen LogP contribution in [-0.2, 0) is 6.42 Å². The summed E-state index contributed by atoms with van der Waals surface area (Å²) in [4.78, 5) is 22.1. The highest BCUT2D eigenvalue weighted by Gasteiger charge is 2.17. The van der Waals surface area contributed by atoms with Gasteiger partial charge in [0.2, 0.25) is 0 Å². The van der Waals surface area contributed by atoms with Gasteiger partial charge in [0.15, 0.2) is 0 Å². The summed E-state index contributed by atoms with van der Waals surface area (Å²) in [5.74, 6) is -0.383. The number of nitrogens with zero attached hydrogens (tertiary/aromatic N) is 2. The van der Waals surface area contributed by atoms with Crippen molar-refractivity contribution in [3.05, 3.63) is 75.3 Å². The van der Waals surface area contributed by atoms with E-state index in [1.54, 1.807) is 0 Å². The second-order valence-electron chi connectivity index (χ2n) is 4.96. The van der Waals surface area contributed by atoms with E-state index in [-0.39, 0.29) is 11.6 Å². The maximum Gasteiger partial charge on any atom is 0.271 e. The number of aryl methyl sites for hydroxylation is 1. The van der Waals surface area contributed by atoms with Crippen LogP contribution >= 0.6 is 0 Å². The molecule has 2 aromatic rings. The number of non-ortho nitro benzene ring substituents is 1. The minimum atomic E-state index is -0.503. The zero-order valence-electron chi connectivity index (χ0n) is 11.7. The number of rotatable bonds is 3. The van der Waals surface area contributed by atoms with E-state index in [4.69, 9.17) is 0 Å². The number of hydrogen-bond acceptors (Lipinski definition) is 4. The minimum Gasteiger partial charge on any atom is -0.267 e. The van der Waals surface area contributed by atoms with Gasteiger partial charge in [0.1, 0.15) is 0 Å². The van der Waals surface area contributed by atoms with Gasteiger partial charge in [-0.1, -0.05) is 24.3 Å². The van der Waals surface area contributed by atoms with Crippen molar-refractivity contribution >= 4 is 17.3 Å². The molecule has 0 fully saturated rings. The molecule has 0 atom stereocenters. The molecule has 1 aliphatic carbocycles. The third kappa shape index (κ3) is 2.71. The van der Waals surface area contributed by atoms with Gasteiger partial charge in [-0.25, -0.2) is 5.43 Å². The highest BCUT2D eigenvalue weighted by Crippen LogP contribution is 2.21. The van der Waals surface area contributed by atoms with E-state index in [0.29, 0.717) is 5.56 Å². The zero-order valence-corrected chi connectivity index (χ0v) is 11.7. The largest absolute Gasteiger partial charge is 0.271 e. The average Bonchev–Trinajstić information content (AvgIpc) is 2.96. The van der Waals surface area contributed by atoms with Crippen LogP contribution in [-0.4, -0.2) is 16.5 Å². The lowest BCUT2D eigenvalue weighted by Crippen LogP contribution is -2.19. The Balaban J connectivity index is 1.73. The van der Waals surface area contributed by atoms with Gasteiger partial charge in [0.25, 0.3) is 11.6 Å². The van der Waals surface area contributed by atoms with Crippen molar-refractivity contribution in [2.75, 3.05) is 0 Å². The minimum absolute atomic E-state index is 0.0485. The molecular formula is C16H13N3O3. The van der Waals surface area contributed by atoms with Crippen molar-refractivity contribution in [3.63, 3.8) is 0 Å². The van der Waals surface area contributed by atoms with Gasteiger partial charge < -0.3 is 0 Å². The lowest BCUT2D eigenvalue weighted by Gasteiger charge is -2.02. The van der Waals surface area contributed by atoms with Gasteiger partial charge in [0, 0.05) is 23.3 Å². The number of carbonyl (C=O) groups is 1. The number of fused-ring (bicyclic) bond motifs is 1. The monoisotopic (exact) mass is 295 g/mol. The summed E-state index contributed by atoms with van der Waals surface area (Å²) in [7, 11) is 0. The summed E-state index contributed by atoms with van der Waals surface area (Å²) >= 11 is 0. The second-order valence-corrected chi connectivity index (χ2v) is 4.96. The van der Waals surface area contributed by atoms with Crippen LogP contribution in [0.15, 0.2) is 53.6 Å². The van der Waals surface area contributed by atoms with Crippen molar-refractivity contribution in [2.24, 2.45) is 5.10 Å². The molecule has 0 saturated carbocycles. The van der Waals surface area contributed by atoms with Gasteiger partial charge in [-0.3, -0.25) is 14.9 Å². The van der Waals surface area contributed by atoms with Crippen LogP contribution in [0.25, 0.3) is 0 Å². The number of benzene rings is 2. The third-order valence-corrected chi connectivity index (χ3v) is 3.59. The topological polar surface area (TPSA) is 84.6 Å². The normalized spacial score (nSPS) is 14.6. The molecule has 1 aliphatic rings. The first kappa shape index (κ1) is 13.9. The van der Waals surface area contributed by atoms with E-state index in [1.165, 1.54) is 29.8 Å². The molecule has 0 radical (unpaired) electrons. The molecule has 0 aromatic heterocycles. The maximum atomic E-state index is 12.0. The Morgan fingerprint density at radius 2 is 1.82 bits per heavy atom. The van der Waals surface area contributed by atoms with Crippen LogP contribution in [0.3, 0.4) is 0 Å². The van der Waals surface area contributed by atoms with Crippen LogP contribution in [0.2, 0.25) is 0 Å². The fourth-order valence-electron chi connectivity index (χ4n) is 2.44.